The maximum atomic E-state index is 3.53. The molecule has 4 heteroatoms. The fourth-order valence-electron chi connectivity index (χ4n) is 2.56. The summed E-state index contributed by atoms with van der Waals surface area (Å²) < 4.78 is 2.26. The van der Waals surface area contributed by atoms with Crippen LogP contribution in [0.3, 0.4) is 0 Å². The van der Waals surface area contributed by atoms with Gasteiger partial charge in [0, 0.05) is 15.5 Å². The molecular weight excluding hydrogens is 368 g/mol. The molecule has 1 aliphatic heterocycles. The molecule has 0 aromatic heterocycles. The normalized spacial score (nSPS) is 16.7. The molecule has 1 aliphatic rings. The van der Waals surface area contributed by atoms with Gasteiger partial charge in [0.15, 0.2) is 0 Å². The highest BCUT2D eigenvalue weighted by atomic mass is 79.9. The summed E-state index contributed by atoms with van der Waals surface area (Å²) in [5, 5.41) is 3.53. The topological polar surface area (TPSA) is 15.3 Å². The number of rotatable bonds is 6. The first-order valence-electron chi connectivity index (χ1n) is 7.12. The van der Waals surface area contributed by atoms with Crippen LogP contribution in [0.1, 0.15) is 31.2 Å². The van der Waals surface area contributed by atoms with E-state index < -0.39 is 0 Å². The van der Waals surface area contributed by atoms with Gasteiger partial charge in [-0.25, -0.2) is 0 Å². The zero-order chi connectivity index (χ0) is 13.5. The van der Waals surface area contributed by atoms with Crippen LogP contribution in [0.2, 0.25) is 0 Å². The Morgan fingerprint density at radius 2 is 1.68 bits per heavy atom. The number of hydrogen-bond acceptors (Lipinski definition) is 2. The van der Waals surface area contributed by atoms with Crippen molar-refractivity contribution in [3.8, 4) is 0 Å². The predicted molar refractivity (Wildman–Crippen MR) is 88.5 cm³/mol. The van der Waals surface area contributed by atoms with Gasteiger partial charge in [-0.05, 0) is 69.2 Å². The van der Waals surface area contributed by atoms with E-state index in [4.69, 9.17) is 0 Å². The van der Waals surface area contributed by atoms with Gasteiger partial charge >= 0.3 is 0 Å². The standard InChI is InChI=1S/C15H22Br2N2/c16-14-9-13(10-15(17)11-14)12-18-5-4-8-19-6-2-1-3-7-19/h9-11,18H,1-8,12H2. The summed E-state index contributed by atoms with van der Waals surface area (Å²) in [5.41, 5.74) is 1.32. The fraction of sp³-hybridized carbons (Fsp3) is 0.600. The molecule has 0 radical (unpaired) electrons. The largest absolute Gasteiger partial charge is 0.313 e. The van der Waals surface area contributed by atoms with Gasteiger partial charge in [-0.2, -0.15) is 0 Å². The minimum absolute atomic E-state index is 0.942. The molecule has 0 aliphatic carbocycles. The zero-order valence-electron chi connectivity index (χ0n) is 11.3. The van der Waals surface area contributed by atoms with Crippen LogP contribution in [0.25, 0.3) is 0 Å². The van der Waals surface area contributed by atoms with Gasteiger partial charge in [0.2, 0.25) is 0 Å². The Morgan fingerprint density at radius 1 is 1.00 bits per heavy atom. The lowest BCUT2D eigenvalue weighted by molar-refractivity contribution is 0.225. The van der Waals surface area contributed by atoms with Crippen molar-refractivity contribution < 1.29 is 0 Å². The Labute approximate surface area is 133 Å². The molecule has 0 atom stereocenters. The molecule has 2 rings (SSSR count). The third-order valence-electron chi connectivity index (χ3n) is 3.53. The van der Waals surface area contributed by atoms with Crippen LogP contribution in [-0.4, -0.2) is 31.1 Å². The van der Waals surface area contributed by atoms with Crippen LogP contribution in [0.15, 0.2) is 27.1 Å². The first-order chi connectivity index (χ1) is 9.24. The molecule has 0 unspecified atom stereocenters. The molecular formula is C15H22Br2N2. The Bertz CT molecular complexity index is 369. The summed E-state index contributed by atoms with van der Waals surface area (Å²) in [7, 11) is 0. The third-order valence-corrected chi connectivity index (χ3v) is 4.44. The average molecular weight is 390 g/mol. The Balaban J connectivity index is 1.60. The van der Waals surface area contributed by atoms with Crippen molar-refractivity contribution in [2.24, 2.45) is 0 Å². The average Bonchev–Trinajstić information content (AvgIpc) is 2.38. The van der Waals surface area contributed by atoms with Gasteiger partial charge in [0.05, 0.1) is 0 Å². The first kappa shape index (κ1) is 15.5. The summed E-state index contributed by atoms with van der Waals surface area (Å²) in [5.74, 6) is 0. The number of likely N-dealkylation sites (tertiary alicyclic amines) is 1. The minimum Gasteiger partial charge on any atom is -0.313 e. The lowest BCUT2D eigenvalue weighted by Crippen LogP contribution is -2.32. The van der Waals surface area contributed by atoms with E-state index in [-0.39, 0.29) is 0 Å². The summed E-state index contributed by atoms with van der Waals surface area (Å²) in [6.45, 7) is 5.89. The molecule has 1 N–H and O–H groups in total. The van der Waals surface area contributed by atoms with Crippen LogP contribution in [0, 0.1) is 0 Å². The molecule has 0 spiro atoms. The highest BCUT2D eigenvalue weighted by Gasteiger charge is 2.08. The molecule has 1 fully saturated rings. The summed E-state index contributed by atoms with van der Waals surface area (Å²) >= 11 is 7.05. The quantitative estimate of drug-likeness (QED) is 0.734. The highest BCUT2D eigenvalue weighted by Crippen LogP contribution is 2.19. The summed E-state index contributed by atoms with van der Waals surface area (Å²) in [6, 6.07) is 6.41. The van der Waals surface area contributed by atoms with Gasteiger partial charge in [-0.1, -0.05) is 38.3 Å². The molecule has 1 aromatic rings. The van der Waals surface area contributed by atoms with Crippen molar-refractivity contribution in [1.82, 2.24) is 10.2 Å². The van der Waals surface area contributed by atoms with E-state index >= 15 is 0 Å². The van der Waals surface area contributed by atoms with Crippen molar-refractivity contribution >= 4 is 31.9 Å². The van der Waals surface area contributed by atoms with Gasteiger partial charge in [0.25, 0.3) is 0 Å². The summed E-state index contributed by atoms with van der Waals surface area (Å²) in [6.07, 6.45) is 5.45. The van der Waals surface area contributed by atoms with Gasteiger partial charge in [-0.3, -0.25) is 0 Å². The number of piperidine rings is 1. The predicted octanol–water partition coefficient (Wildman–Crippen LogP) is 4.18. The van der Waals surface area contributed by atoms with Crippen molar-refractivity contribution in [3.05, 3.63) is 32.7 Å². The Morgan fingerprint density at radius 3 is 2.37 bits per heavy atom. The number of nitrogens with zero attached hydrogens (tertiary/aromatic N) is 1. The lowest BCUT2D eigenvalue weighted by Gasteiger charge is -2.26. The van der Waals surface area contributed by atoms with E-state index in [1.807, 2.05) is 0 Å². The number of benzene rings is 1. The van der Waals surface area contributed by atoms with Gasteiger partial charge in [0.1, 0.15) is 0 Å². The molecule has 1 aromatic carbocycles. The molecule has 1 saturated heterocycles. The molecule has 106 valence electrons. The molecule has 2 nitrogen and oxygen atoms in total. The Kier molecular flexibility index (Phi) is 6.85. The van der Waals surface area contributed by atoms with E-state index in [9.17, 15) is 0 Å². The fourth-order valence-corrected chi connectivity index (χ4v) is 3.94. The second-order valence-electron chi connectivity index (χ2n) is 5.21. The minimum atomic E-state index is 0.942. The van der Waals surface area contributed by atoms with Crippen LogP contribution >= 0.6 is 31.9 Å². The van der Waals surface area contributed by atoms with E-state index in [0.717, 1.165) is 22.0 Å². The molecule has 0 amide bonds. The van der Waals surface area contributed by atoms with Gasteiger partial charge in [-0.15, -0.1) is 0 Å². The molecule has 19 heavy (non-hydrogen) atoms. The Hall–Kier alpha value is 0.1000. The van der Waals surface area contributed by atoms with E-state index in [1.54, 1.807) is 0 Å². The van der Waals surface area contributed by atoms with Gasteiger partial charge < -0.3 is 10.2 Å². The van der Waals surface area contributed by atoms with Crippen LogP contribution < -0.4 is 5.32 Å². The maximum Gasteiger partial charge on any atom is 0.0206 e. The molecule has 0 saturated carbocycles. The second kappa shape index (κ2) is 8.40. The third kappa shape index (κ3) is 5.94. The first-order valence-corrected chi connectivity index (χ1v) is 8.71. The lowest BCUT2D eigenvalue weighted by atomic mass is 10.1. The highest BCUT2D eigenvalue weighted by molar-refractivity contribution is 9.11. The number of hydrogen-bond donors (Lipinski definition) is 1. The van der Waals surface area contributed by atoms with Crippen LogP contribution in [0.4, 0.5) is 0 Å². The zero-order valence-corrected chi connectivity index (χ0v) is 14.5. The van der Waals surface area contributed by atoms with E-state index in [0.29, 0.717) is 0 Å². The van der Waals surface area contributed by atoms with Crippen molar-refractivity contribution in [3.63, 3.8) is 0 Å². The summed E-state index contributed by atoms with van der Waals surface area (Å²) in [4.78, 5) is 2.60. The van der Waals surface area contributed by atoms with Crippen molar-refractivity contribution in [2.45, 2.75) is 32.2 Å². The second-order valence-corrected chi connectivity index (χ2v) is 7.04. The number of nitrogens with one attached hydrogen (secondary N) is 1. The molecule has 0 bridgehead atoms. The van der Waals surface area contributed by atoms with E-state index in [1.165, 1.54) is 50.9 Å². The maximum absolute atomic E-state index is 3.53. The van der Waals surface area contributed by atoms with Crippen molar-refractivity contribution in [2.75, 3.05) is 26.2 Å². The molecule has 1 heterocycles. The SMILES string of the molecule is Brc1cc(Br)cc(CNCCCN2CCCCC2)c1. The van der Waals surface area contributed by atoms with E-state index in [2.05, 4.69) is 60.3 Å². The smallest absolute Gasteiger partial charge is 0.0206 e. The monoisotopic (exact) mass is 388 g/mol. The van der Waals surface area contributed by atoms with Crippen molar-refractivity contribution in [1.29, 1.82) is 0 Å². The number of halogens is 2. The van der Waals surface area contributed by atoms with Crippen LogP contribution in [-0.2, 0) is 6.54 Å². The van der Waals surface area contributed by atoms with Crippen LogP contribution in [0.5, 0.6) is 0 Å².